The van der Waals surface area contributed by atoms with E-state index in [1.807, 2.05) is 0 Å². The SMILES string of the molecule is CC(C)C(CCO)(CCO)C(=O)O. The van der Waals surface area contributed by atoms with Crippen LogP contribution in [-0.4, -0.2) is 34.5 Å². The molecule has 0 aliphatic heterocycles. The lowest BCUT2D eigenvalue weighted by Crippen LogP contribution is -2.38. The van der Waals surface area contributed by atoms with Gasteiger partial charge in [-0.25, -0.2) is 0 Å². The van der Waals surface area contributed by atoms with Gasteiger partial charge in [0.1, 0.15) is 0 Å². The van der Waals surface area contributed by atoms with Crippen LogP contribution < -0.4 is 0 Å². The van der Waals surface area contributed by atoms with E-state index in [-0.39, 0.29) is 32.0 Å². The van der Waals surface area contributed by atoms with Crippen LogP contribution in [0.3, 0.4) is 0 Å². The van der Waals surface area contributed by atoms with Crippen LogP contribution in [0.5, 0.6) is 0 Å². The van der Waals surface area contributed by atoms with Gasteiger partial charge in [-0.1, -0.05) is 13.8 Å². The number of carboxylic acid groups (broad SMARTS) is 1. The number of hydrogen-bond acceptors (Lipinski definition) is 3. The van der Waals surface area contributed by atoms with Gasteiger partial charge in [-0.2, -0.15) is 0 Å². The van der Waals surface area contributed by atoms with Gasteiger partial charge in [-0.3, -0.25) is 4.79 Å². The van der Waals surface area contributed by atoms with Crippen molar-refractivity contribution in [2.24, 2.45) is 11.3 Å². The first-order valence-corrected chi connectivity index (χ1v) is 4.46. The first kappa shape index (κ1) is 12.4. The largest absolute Gasteiger partial charge is 0.481 e. The summed E-state index contributed by atoms with van der Waals surface area (Å²) in [6.45, 7) is 3.26. The van der Waals surface area contributed by atoms with Gasteiger partial charge in [-0.05, 0) is 18.8 Å². The number of aliphatic carboxylic acids is 1. The second-order valence-corrected chi connectivity index (χ2v) is 3.56. The molecule has 0 saturated heterocycles. The van der Waals surface area contributed by atoms with Crippen LogP contribution in [0.1, 0.15) is 26.7 Å². The Kier molecular flexibility index (Phi) is 4.95. The molecular weight excluding hydrogens is 172 g/mol. The fourth-order valence-electron chi connectivity index (χ4n) is 1.56. The minimum Gasteiger partial charge on any atom is -0.481 e. The third-order valence-electron chi connectivity index (χ3n) is 2.65. The molecule has 0 aromatic heterocycles. The Morgan fingerprint density at radius 2 is 1.62 bits per heavy atom. The number of carboxylic acids is 1. The summed E-state index contributed by atoms with van der Waals surface area (Å²) in [5, 5.41) is 26.6. The Morgan fingerprint density at radius 3 is 1.77 bits per heavy atom. The number of carbonyl (C=O) groups is 1. The van der Waals surface area contributed by atoms with Crippen molar-refractivity contribution in [2.45, 2.75) is 26.7 Å². The van der Waals surface area contributed by atoms with Crippen LogP contribution in [0.4, 0.5) is 0 Å². The van der Waals surface area contributed by atoms with E-state index in [9.17, 15) is 4.79 Å². The predicted octanol–water partition coefficient (Wildman–Crippen LogP) is 0.478. The highest BCUT2D eigenvalue weighted by molar-refractivity contribution is 5.75. The molecule has 0 aliphatic carbocycles. The molecule has 4 heteroatoms. The molecule has 0 aromatic rings. The average Bonchev–Trinajstić information content (AvgIpc) is 2.03. The summed E-state index contributed by atoms with van der Waals surface area (Å²) in [6.07, 6.45) is 0.390. The summed E-state index contributed by atoms with van der Waals surface area (Å²) >= 11 is 0. The normalized spacial score (nSPS) is 12.1. The van der Waals surface area contributed by atoms with E-state index in [0.29, 0.717) is 0 Å². The van der Waals surface area contributed by atoms with E-state index in [4.69, 9.17) is 15.3 Å². The van der Waals surface area contributed by atoms with Gasteiger partial charge in [0.2, 0.25) is 0 Å². The fourth-order valence-corrected chi connectivity index (χ4v) is 1.56. The highest BCUT2D eigenvalue weighted by Gasteiger charge is 2.40. The molecule has 3 N–H and O–H groups in total. The molecule has 0 radical (unpaired) electrons. The Hall–Kier alpha value is -0.610. The van der Waals surface area contributed by atoms with Gasteiger partial charge >= 0.3 is 5.97 Å². The van der Waals surface area contributed by atoms with Crippen molar-refractivity contribution in [3.63, 3.8) is 0 Å². The number of aliphatic hydroxyl groups is 2. The zero-order valence-electron chi connectivity index (χ0n) is 8.16. The molecule has 78 valence electrons. The molecule has 0 saturated carbocycles. The summed E-state index contributed by atoms with van der Waals surface area (Å²) in [7, 11) is 0. The Balaban J connectivity index is 4.69. The van der Waals surface area contributed by atoms with E-state index in [2.05, 4.69) is 0 Å². The van der Waals surface area contributed by atoms with E-state index in [1.54, 1.807) is 13.8 Å². The maximum Gasteiger partial charge on any atom is 0.310 e. The summed E-state index contributed by atoms with van der Waals surface area (Å²) < 4.78 is 0. The zero-order chi connectivity index (χ0) is 10.5. The Bertz CT molecular complexity index is 159. The summed E-state index contributed by atoms with van der Waals surface area (Å²) in [5.74, 6) is -1.03. The second-order valence-electron chi connectivity index (χ2n) is 3.56. The average molecular weight is 190 g/mol. The maximum absolute atomic E-state index is 11.0. The minimum absolute atomic E-state index is 0.0932. The fraction of sp³-hybridized carbons (Fsp3) is 0.889. The zero-order valence-corrected chi connectivity index (χ0v) is 8.16. The molecule has 0 aliphatic rings. The van der Waals surface area contributed by atoms with Crippen molar-refractivity contribution in [1.29, 1.82) is 0 Å². The van der Waals surface area contributed by atoms with Crippen molar-refractivity contribution in [1.82, 2.24) is 0 Å². The van der Waals surface area contributed by atoms with Crippen molar-refractivity contribution in [3.05, 3.63) is 0 Å². The quantitative estimate of drug-likeness (QED) is 0.569. The van der Waals surface area contributed by atoms with Crippen LogP contribution in [0, 0.1) is 11.3 Å². The van der Waals surface area contributed by atoms with Gasteiger partial charge in [0.15, 0.2) is 0 Å². The van der Waals surface area contributed by atoms with E-state index in [0.717, 1.165) is 0 Å². The molecule has 0 atom stereocenters. The van der Waals surface area contributed by atoms with E-state index < -0.39 is 11.4 Å². The Labute approximate surface area is 78.2 Å². The van der Waals surface area contributed by atoms with E-state index in [1.165, 1.54) is 0 Å². The topological polar surface area (TPSA) is 77.8 Å². The van der Waals surface area contributed by atoms with Crippen LogP contribution in [0.25, 0.3) is 0 Å². The molecular formula is C9H18O4. The summed E-state index contributed by atoms with van der Waals surface area (Å²) in [5.41, 5.74) is -0.983. The van der Waals surface area contributed by atoms with Crippen molar-refractivity contribution in [2.75, 3.05) is 13.2 Å². The molecule has 0 fully saturated rings. The van der Waals surface area contributed by atoms with Crippen LogP contribution >= 0.6 is 0 Å². The smallest absolute Gasteiger partial charge is 0.310 e. The van der Waals surface area contributed by atoms with Gasteiger partial charge < -0.3 is 15.3 Å². The first-order chi connectivity index (χ1) is 6.01. The maximum atomic E-state index is 11.0. The van der Waals surface area contributed by atoms with Gasteiger partial charge in [0.25, 0.3) is 0 Å². The predicted molar refractivity (Wildman–Crippen MR) is 48.3 cm³/mol. The van der Waals surface area contributed by atoms with Crippen LogP contribution in [-0.2, 0) is 4.79 Å². The lowest BCUT2D eigenvalue weighted by Gasteiger charge is -2.32. The highest BCUT2D eigenvalue weighted by Crippen LogP contribution is 2.35. The van der Waals surface area contributed by atoms with E-state index >= 15 is 0 Å². The monoisotopic (exact) mass is 190 g/mol. The van der Waals surface area contributed by atoms with Crippen LogP contribution in [0.15, 0.2) is 0 Å². The molecule has 0 heterocycles. The summed E-state index contributed by atoms with van der Waals surface area (Å²) in [6, 6.07) is 0. The second kappa shape index (κ2) is 5.19. The standard InChI is InChI=1S/C9H18O4/c1-7(2)9(3-5-10,4-6-11)8(12)13/h7,10-11H,3-6H2,1-2H3,(H,12,13). The molecule has 4 nitrogen and oxygen atoms in total. The highest BCUT2D eigenvalue weighted by atomic mass is 16.4. The Morgan fingerprint density at radius 1 is 1.23 bits per heavy atom. The molecule has 13 heavy (non-hydrogen) atoms. The third-order valence-corrected chi connectivity index (χ3v) is 2.65. The number of aliphatic hydroxyl groups excluding tert-OH is 2. The van der Waals surface area contributed by atoms with Crippen LogP contribution in [0.2, 0.25) is 0 Å². The molecule has 0 unspecified atom stereocenters. The van der Waals surface area contributed by atoms with Crippen molar-refractivity contribution in [3.8, 4) is 0 Å². The summed E-state index contributed by atoms with van der Waals surface area (Å²) in [4.78, 5) is 11.0. The van der Waals surface area contributed by atoms with Gasteiger partial charge in [-0.15, -0.1) is 0 Å². The molecule has 0 spiro atoms. The van der Waals surface area contributed by atoms with Crippen molar-refractivity contribution < 1.29 is 20.1 Å². The number of rotatable bonds is 6. The van der Waals surface area contributed by atoms with Crippen molar-refractivity contribution >= 4 is 5.97 Å². The molecule has 0 bridgehead atoms. The first-order valence-electron chi connectivity index (χ1n) is 4.46. The lowest BCUT2D eigenvalue weighted by atomic mass is 9.72. The van der Waals surface area contributed by atoms with Gasteiger partial charge in [0.05, 0.1) is 5.41 Å². The van der Waals surface area contributed by atoms with Gasteiger partial charge in [0, 0.05) is 13.2 Å². The molecule has 0 rings (SSSR count). The minimum atomic E-state index is -0.983. The third kappa shape index (κ3) is 2.67. The molecule has 0 amide bonds. The molecule has 0 aromatic carbocycles. The number of hydrogen-bond donors (Lipinski definition) is 3. The lowest BCUT2D eigenvalue weighted by molar-refractivity contribution is -0.154.